The van der Waals surface area contributed by atoms with Gasteiger partial charge in [-0.1, -0.05) is 0 Å². The second-order valence-corrected chi connectivity index (χ2v) is 4.27. The van der Waals surface area contributed by atoms with E-state index in [9.17, 15) is 9.18 Å². The fraction of sp³-hybridized carbons (Fsp3) is 0.417. The number of carboxylic acid groups (broad SMARTS) is 1. The van der Waals surface area contributed by atoms with Crippen molar-refractivity contribution in [3.8, 4) is 5.75 Å². The number of halogens is 1. The second-order valence-electron chi connectivity index (χ2n) is 4.27. The van der Waals surface area contributed by atoms with Crippen molar-refractivity contribution in [2.75, 3.05) is 18.0 Å². The maximum absolute atomic E-state index is 13.8. The van der Waals surface area contributed by atoms with E-state index in [4.69, 9.17) is 10.2 Å². The summed E-state index contributed by atoms with van der Waals surface area (Å²) in [5, 5.41) is 17.9. The zero-order chi connectivity index (χ0) is 12.5. The van der Waals surface area contributed by atoms with Crippen molar-refractivity contribution in [3.05, 3.63) is 24.3 Å². The molecule has 0 radical (unpaired) electrons. The van der Waals surface area contributed by atoms with Gasteiger partial charge >= 0.3 is 5.97 Å². The Kier molecular flexibility index (Phi) is 2.92. The molecule has 0 bridgehead atoms. The van der Waals surface area contributed by atoms with Crippen LogP contribution < -0.4 is 4.90 Å². The monoisotopic (exact) mass is 239 g/mol. The van der Waals surface area contributed by atoms with Crippen LogP contribution in [0, 0.1) is 0 Å². The molecule has 0 aliphatic carbocycles. The topological polar surface area (TPSA) is 60.8 Å². The van der Waals surface area contributed by atoms with Crippen molar-refractivity contribution in [1.82, 2.24) is 0 Å². The van der Waals surface area contributed by atoms with Gasteiger partial charge in [0.1, 0.15) is 5.75 Å². The zero-order valence-corrected chi connectivity index (χ0v) is 9.27. The van der Waals surface area contributed by atoms with Crippen molar-refractivity contribution >= 4 is 11.7 Å². The standard InChI is InChI=1S/C12H14FNO3/c13-12(11(16)17)5-7-14(8-6-12)9-1-3-10(15)4-2-9/h1-4,15H,5-8H2,(H,16,17). The molecule has 0 saturated carbocycles. The van der Waals surface area contributed by atoms with Crippen LogP contribution in [-0.2, 0) is 4.79 Å². The molecule has 0 atom stereocenters. The summed E-state index contributed by atoms with van der Waals surface area (Å²) >= 11 is 0. The lowest BCUT2D eigenvalue weighted by Gasteiger charge is -2.35. The van der Waals surface area contributed by atoms with Crippen LogP contribution in [0.5, 0.6) is 5.75 Å². The van der Waals surface area contributed by atoms with Crippen molar-refractivity contribution in [3.63, 3.8) is 0 Å². The smallest absolute Gasteiger partial charge is 0.341 e. The van der Waals surface area contributed by atoms with Gasteiger partial charge in [0, 0.05) is 31.6 Å². The maximum atomic E-state index is 13.8. The fourth-order valence-corrected chi connectivity index (χ4v) is 2.00. The Morgan fingerprint density at radius 3 is 2.24 bits per heavy atom. The summed E-state index contributed by atoms with van der Waals surface area (Å²) < 4.78 is 13.8. The minimum absolute atomic E-state index is 0.0107. The number of phenolic OH excluding ortho intramolecular Hbond substituents is 1. The van der Waals surface area contributed by atoms with Crippen LogP contribution in [0.25, 0.3) is 0 Å². The Morgan fingerprint density at radius 1 is 1.24 bits per heavy atom. The van der Waals surface area contributed by atoms with Gasteiger partial charge in [0.05, 0.1) is 0 Å². The summed E-state index contributed by atoms with van der Waals surface area (Å²) in [6, 6.07) is 6.59. The van der Waals surface area contributed by atoms with E-state index in [1.54, 1.807) is 24.3 Å². The highest BCUT2D eigenvalue weighted by atomic mass is 19.1. The molecular weight excluding hydrogens is 225 g/mol. The maximum Gasteiger partial charge on any atom is 0.341 e. The molecule has 92 valence electrons. The molecule has 5 heteroatoms. The van der Waals surface area contributed by atoms with E-state index in [2.05, 4.69) is 0 Å². The fourth-order valence-electron chi connectivity index (χ4n) is 2.00. The van der Waals surface area contributed by atoms with Crippen LogP contribution >= 0.6 is 0 Å². The van der Waals surface area contributed by atoms with Gasteiger partial charge in [-0.05, 0) is 24.3 Å². The molecule has 4 nitrogen and oxygen atoms in total. The number of hydrogen-bond acceptors (Lipinski definition) is 3. The molecule has 0 unspecified atom stereocenters. The number of piperidine rings is 1. The third kappa shape index (κ3) is 2.33. The first-order valence-electron chi connectivity index (χ1n) is 5.47. The summed E-state index contributed by atoms with van der Waals surface area (Å²) in [7, 11) is 0. The number of anilines is 1. The molecule has 1 heterocycles. The molecule has 1 aromatic rings. The molecule has 2 N–H and O–H groups in total. The predicted molar refractivity (Wildman–Crippen MR) is 61.0 cm³/mol. The first kappa shape index (κ1) is 11.7. The number of benzene rings is 1. The average Bonchev–Trinajstić information content (AvgIpc) is 2.31. The quantitative estimate of drug-likeness (QED) is 0.826. The van der Waals surface area contributed by atoms with Gasteiger partial charge in [-0.25, -0.2) is 9.18 Å². The number of aromatic hydroxyl groups is 1. The number of aliphatic carboxylic acids is 1. The van der Waals surface area contributed by atoms with Crippen LogP contribution in [0.15, 0.2) is 24.3 Å². The van der Waals surface area contributed by atoms with E-state index in [0.717, 1.165) is 5.69 Å². The summed E-state index contributed by atoms with van der Waals surface area (Å²) in [5.74, 6) is -1.20. The Bertz CT molecular complexity index is 410. The van der Waals surface area contributed by atoms with Gasteiger partial charge in [0.15, 0.2) is 0 Å². The molecule has 0 aromatic heterocycles. The third-order valence-corrected chi connectivity index (χ3v) is 3.15. The van der Waals surface area contributed by atoms with E-state index < -0.39 is 11.6 Å². The van der Waals surface area contributed by atoms with Gasteiger partial charge < -0.3 is 15.1 Å². The highest BCUT2D eigenvalue weighted by Crippen LogP contribution is 2.30. The molecule has 1 aromatic carbocycles. The van der Waals surface area contributed by atoms with E-state index in [1.807, 2.05) is 4.90 Å². The highest BCUT2D eigenvalue weighted by molar-refractivity contribution is 5.77. The first-order valence-corrected chi connectivity index (χ1v) is 5.47. The second kappa shape index (κ2) is 4.24. The minimum Gasteiger partial charge on any atom is -0.508 e. The van der Waals surface area contributed by atoms with Crippen molar-refractivity contribution in [1.29, 1.82) is 0 Å². The van der Waals surface area contributed by atoms with Gasteiger partial charge in [0.25, 0.3) is 0 Å². The summed E-state index contributed by atoms with van der Waals surface area (Å²) in [6.45, 7) is 0.737. The minimum atomic E-state index is -2.09. The van der Waals surface area contributed by atoms with Gasteiger partial charge in [-0.2, -0.15) is 0 Å². The summed E-state index contributed by atoms with van der Waals surface area (Å²) in [4.78, 5) is 12.7. The lowest BCUT2D eigenvalue weighted by atomic mass is 9.93. The number of phenols is 1. The van der Waals surface area contributed by atoms with Crippen molar-refractivity contribution in [2.24, 2.45) is 0 Å². The van der Waals surface area contributed by atoms with Crippen LogP contribution in [0.3, 0.4) is 0 Å². The number of hydrogen-bond donors (Lipinski definition) is 2. The molecule has 1 aliphatic rings. The molecule has 1 fully saturated rings. The van der Waals surface area contributed by atoms with E-state index in [0.29, 0.717) is 13.1 Å². The largest absolute Gasteiger partial charge is 0.508 e. The van der Waals surface area contributed by atoms with E-state index in [1.165, 1.54) is 0 Å². The predicted octanol–water partition coefficient (Wildman–Crippen LogP) is 1.79. The van der Waals surface area contributed by atoms with Crippen LogP contribution in [0.4, 0.5) is 10.1 Å². The lowest BCUT2D eigenvalue weighted by molar-refractivity contribution is -0.152. The molecule has 1 saturated heterocycles. The normalized spacial score (nSPS) is 19.0. The lowest BCUT2D eigenvalue weighted by Crippen LogP contribution is -2.46. The third-order valence-electron chi connectivity index (χ3n) is 3.15. The van der Waals surface area contributed by atoms with Crippen molar-refractivity contribution < 1.29 is 19.4 Å². The Morgan fingerprint density at radius 2 is 1.76 bits per heavy atom. The molecule has 1 aliphatic heterocycles. The molecule has 0 spiro atoms. The molecule has 0 amide bonds. The summed E-state index contributed by atoms with van der Waals surface area (Å²) in [6.07, 6.45) is -0.0214. The molecule has 2 rings (SSSR count). The van der Waals surface area contributed by atoms with Crippen LogP contribution in [-0.4, -0.2) is 34.9 Å². The molecular formula is C12H14FNO3. The SMILES string of the molecule is O=C(O)C1(F)CCN(c2ccc(O)cc2)CC1. The van der Waals surface area contributed by atoms with Crippen molar-refractivity contribution in [2.45, 2.75) is 18.5 Å². The number of carbonyl (C=O) groups is 1. The number of alkyl halides is 1. The van der Waals surface area contributed by atoms with Gasteiger partial charge in [-0.15, -0.1) is 0 Å². The summed E-state index contributed by atoms with van der Waals surface area (Å²) in [5.41, 5.74) is -1.22. The first-order chi connectivity index (χ1) is 8.01. The Hall–Kier alpha value is -1.78. The van der Waals surface area contributed by atoms with Gasteiger partial charge in [0.2, 0.25) is 5.67 Å². The number of nitrogens with zero attached hydrogens (tertiary/aromatic N) is 1. The van der Waals surface area contributed by atoms with Crippen LogP contribution in [0.1, 0.15) is 12.8 Å². The Labute approximate surface area is 98.3 Å². The zero-order valence-electron chi connectivity index (χ0n) is 9.27. The highest BCUT2D eigenvalue weighted by Gasteiger charge is 2.41. The Balaban J connectivity index is 2.04. The molecule has 17 heavy (non-hydrogen) atoms. The number of carboxylic acids is 1. The van der Waals surface area contributed by atoms with Gasteiger partial charge in [-0.3, -0.25) is 0 Å². The van der Waals surface area contributed by atoms with E-state index in [-0.39, 0.29) is 18.6 Å². The van der Waals surface area contributed by atoms with Crippen LogP contribution in [0.2, 0.25) is 0 Å². The average molecular weight is 239 g/mol. The van der Waals surface area contributed by atoms with E-state index >= 15 is 0 Å². The number of rotatable bonds is 2.